The molecule has 3 saturated heterocycles. The van der Waals surface area contributed by atoms with Gasteiger partial charge in [0.1, 0.15) is 6.04 Å². The molecule has 2 unspecified atom stereocenters. The molecule has 3 heterocycles. The molecule has 1 aliphatic carbocycles. The number of amides is 2. The van der Waals surface area contributed by atoms with E-state index in [0.29, 0.717) is 18.9 Å². The number of piperidine rings is 3. The zero-order valence-corrected chi connectivity index (χ0v) is 16.8. The maximum absolute atomic E-state index is 11.9. The van der Waals surface area contributed by atoms with E-state index in [0.717, 1.165) is 36.5 Å². The number of hydrogen-bond donors (Lipinski definition) is 3. The third kappa shape index (κ3) is 3.98. The van der Waals surface area contributed by atoms with Crippen molar-refractivity contribution in [3.8, 4) is 0 Å². The number of benzene rings is 1. The topological polar surface area (TPSA) is 90.7 Å². The highest BCUT2D eigenvalue weighted by atomic mass is 16.2. The molecule has 2 amide bonds. The molecule has 4 N–H and O–H groups in total. The summed E-state index contributed by atoms with van der Waals surface area (Å²) in [4.78, 5) is 28.3. The first-order valence-corrected chi connectivity index (χ1v) is 11.0. The third-order valence-electron chi connectivity index (χ3n) is 7.28. The van der Waals surface area contributed by atoms with Crippen LogP contribution in [-0.4, -0.2) is 61.5 Å². The van der Waals surface area contributed by atoms with Crippen molar-refractivity contribution in [3.63, 3.8) is 0 Å². The highest BCUT2D eigenvalue weighted by Crippen LogP contribution is 2.44. The number of hydrogen-bond acceptors (Lipinski definition) is 6. The van der Waals surface area contributed by atoms with Crippen molar-refractivity contribution in [2.75, 3.05) is 42.9 Å². The molecule has 4 fully saturated rings. The third-order valence-corrected chi connectivity index (χ3v) is 7.28. The van der Waals surface area contributed by atoms with E-state index >= 15 is 0 Å². The summed E-state index contributed by atoms with van der Waals surface area (Å²) in [6.07, 6.45) is 3.43. The molecule has 0 spiro atoms. The number of fused-ring (bicyclic) bond motifs is 1. The van der Waals surface area contributed by atoms with E-state index in [1.807, 2.05) is 12.1 Å². The van der Waals surface area contributed by atoms with Crippen LogP contribution in [0.2, 0.25) is 0 Å². The van der Waals surface area contributed by atoms with E-state index in [9.17, 15) is 9.59 Å². The Morgan fingerprint density at radius 1 is 1.03 bits per heavy atom. The van der Waals surface area contributed by atoms with E-state index in [2.05, 4.69) is 32.6 Å². The van der Waals surface area contributed by atoms with Gasteiger partial charge >= 0.3 is 0 Å². The smallest absolute Gasteiger partial charge is 0.249 e. The SMILES string of the molecule is NC1[C@H]2CN(CC3CCN(c4ccc(NC5CCC(=O)NC5=O)cc4)CC3)C[C@@H]12. The summed E-state index contributed by atoms with van der Waals surface area (Å²) in [6, 6.07) is 8.48. The Labute approximate surface area is 172 Å². The van der Waals surface area contributed by atoms with Crippen molar-refractivity contribution >= 4 is 23.2 Å². The van der Waals surface area contributed by atoms with Crippen LogP contribution in [-0.2, 0) is 9.59 Å². The minimum absolute atomic E-state index is 0.183. The van der Waals surface area contributed by atoms with E-state index in [4.69, 9.17) is 5.73 Å². The molecule has 0 radical (unpaired) electrons. The second-order valence-corrected chi connectivity index (χ2v) is 9.25. The van der Waals surface area contributed by atoms with Gasteiger partial charge in [0.2, 0.25) is 11.8 Å². The number of carbonyl (C=O) groups excluding carboxylic acids is 2. The van der Waals surface area contributed by atoms with Crippen LogP contribution in [0.3, 0.4) is 0 Å². The molecule has 5 rings (SSSR count). The molecule has 1 saturated carbocycles. The second-order valence-electron chi connectivity index (χ2n) is 9.25. The Bertz CT molecular complexity index is 762. The first-order chi connectivity index (χ1) is 14.1. The number of carbonyl (C=O) groups is 2. The summed E-state index contributed by atoms with van der Waals surface area (Å²) in [5, 5.41) is 5.63. The Morgan fingerprint density at radius 3 is 2.38 bits per heavy atom. The van der Waals surface area contributed by atoms with Gasteiger partial charge in [0.15, 0.2) is 0 Å². The maximum atomic E-state index is 11.9. The van der Waals surface area contributed by atoms with E-state index in [1.165, 1.54) is 38.2 Å². The van der Waals surface area contributed by atoms with Gasteiger partial charge in [-0.2, -0.15) is 0 Å². The van der Waals surface area contributed by atoms with Crippen LogP contribution < -0.4 is 21.3 Å². The minimum Gasteiger partial charge on any atom is -0.374 e. The van der Waals surface area contributed by atoms with Gasteiger partial charge in [0, 0.05) is 56.6 Å². The van der Waals surface area contributed by atoms with Gasteiger partial charge in [-0.25, -0.2) is 0 Å². The minimum atomic E-state index is -0.333. The van der Waals surface area contributed by atoms with Crippen LogP contribution in [0.25, 0.3) is 0 Å². The first kappa shape index (κ1) is 18.9. The Morgan fingerprint density at radius 2 is 1.72 bits per heavy atom. The summed E-state index contributed by atoms with van der Waals surface area (Å²) in [5.74, 6) is 1.94. The summed E-state index contributed by atoms with van der Waals surface area (Å²) in [7, 11) is 0. The lowest BCUT2D eigenvalue weighted by Crippen LogP contribution is -2.47. The summed E-state index contributed by atoms with van der Waals surface area (Å²) in [6.45, 7) is 5.87. The van der Waals surface area contributed by atoms with Crippen molar-refractivity contribution in [1.82, 2.24) is 10.2 Å². The number of nitrogens with one attached hydrogen (secondary N) is 2. The molecule has 0 bridgehead atoms. The van der Waals surface area contributed by atoms with Gasteiger partial charge in [-0.05, 0) is 61.3 Å². The molecule has 1 aromatic rings. The monoisotopic (exact) mass is 397 g/mol. The molecular formula is C22H31N5O2. The molecule has 0 aromatic heterocycles. The fourth-order valence-corrected chi connectivity index (χ4v) is 5.35. The molecule has 29 heavy (non-hydrogen) atoms. The second kappa shape index (κ2) is 7.61. The maximum Gasteiger partial charge on any atom is 0.249 e. The number of imide groups is 1. The van der Waals surface area contributed by atoms with Gasteiger partial charge in [-0.1, -0.05) is 0 Å². The average Bonchev–Trinajstić information content (AvgIpc) is 3.12. The molecular weight excluding hydrogens is 366 g/mol. The van der Waals surface area contributed by atoms with Gasteiger partial charge in [-0.3, -0.25) is 14.9 Å². The Kier molecular flexibility index (Phi) is 4.95. The molecule has 7 nitrogen and oxygen atoms in total. The summed E-state index contributed by atoms with van der Waals surface area (Å²) < 4.78 is 0. The van der Waals surface area contributed by atoms with Crippen LogP contribution in [0.15, 0.2) is 24.3 Å². The predicted molar refractivity (Wildman–Crippen MR) is 113 cm³/mol. The van der Waals surface area contributed by atoms with Gasteiger partial charge in [-0.15, -0.1) is 0 Å². The fraction of sp³-hybridized carbons (Fsp3) is 0.636. The lowest BCUT2D eigenvalue weighted by molar-refractivity contribution is -0.133. The van der Waals surface area contributed by atoms with Gasteiger partial charge in [0.25, 0.3) is 0 Å². The van der Waals surface area contributed by atoms with E-state index < -0.39 is 0 Å². The highest BCUT2D eigenvalue weighted by molar-refractivity contribution is 6.01. The van der Waals surface area contributed by atoms with Crippen molar-refractivity contribution < 1.29 is 9.59 Å². The molecule has 4 atom stereocenters. The van der Waals surface area contributed by atoms with Crippen molar-refractivity contribution in [2.45, 2.75) is 37.8 Å². The summed E-state index contributed by atoms with van der Waals surface area (Å²) >= 11 is 0. The zero-order chi connectivity index (χ0) is 20.0. The lowest BCUT2D eigenvalue weighted by Gasteiger charge is -2.35. The van der Waals surface area contributed by atoms with Crippen molar-refractivity contribution in [1.29, 1.82) is 0 Å². The van der Waals surface area contributed by atoms with Gasteiger partial charge in [0.05, 0.1) is 0 Å². The molecule has 4 aliphatic rings. The molecule has 7 heteroatoms. The largest absolute Gasteiger partial charge is 0.374 e. The van der Waals surface area contributed by atoms with E-state index in [-0.39, 0.29) is 17.9 Å². The zero-order valence-electron chi connectivity index (χ0n) is 16.8. The summed E-state index contributed by atoms with van der Waals surface area (Å²) in [5.41, 5.74) is 8.22. The quantitative estimate of drug-likeness (QED) is 0.643. The van der Waals surface area contributed by atoms with E-state index in [1.54, 1.807) is 0 Å². The van der Waals surface area contributed by atoms with Crippen LogP contribution in [0.1, 0.15) is 25.7 Å². The van der Waals surface area contributed by atoms with Crippen LogP contribution in [0, 0.1) is 17.8 Å². The standard InChI is InChI=1S/C22H31N5O2/c23-21-17-12-26(13-18(17)21)11-14-7-9-27(10-8-14)16-3-1-15(2-4-16)24-19-5-6-20(28)25-22(19)29/h1-4,14,17-19,21,24H,5-13,23H2,(H,25,28,29)/t17-,18+,19?,21?. The van der Waals surface area contributed by atoms with Crippen LogP contribution in [0.4, 0.5) is 11.4 Å². The van der Waals surface area contributed by atoms with Crippen molar-refractivity contribution in [3.05, 3.63) is 24.3 Å². The van der Waals surface area contributed by atoms with Gasteiger partial charge < -0.3 is 20.9 Å². The molecule has 3 aliphatic heterocycles. The van der Waals surface area contributed by atoms with Crippen LogP contribution in [0.5, 0.6) is 0 Å². The number of nitrogens with zero attached hydrogens (tertiary/aromatic N) is 2. The lowest BCUT2D eigenvalue weighted by atomic mass is 9.95. The first-order valence-electron chi connectivity index (χ1n) is 11.0. The Hall–Kier alpha value is -2.12. The predicted octanol–water partition coefficient (Wildman–Crippen LogP) is 1.01. The Balaban J connectivity index is 1.09. The number of likely N-dealkylation sites (tertiary alicyclic amines) is 1. The average molecular weight is 398 g/mol. The van der Waals surface area contributed by atoms with Crippen LogP contribution >= 0.6 is 0 Å². The number of nitrogens with two attached hydrogens (primary N) is 1. The highest BCUT2D eigenvalue weighted by Gasteiger charge is 2.53. The number of rotatable bonds is 5. The fourth-order valence-electron chi connectivity index (χ4n) is 5.35. The normalized spacial score (nSPS) is 32.8. The molecule has 156 valence electrons. The number of anilines is 2. The molecule has 1 aromatic carbocycles. The van der Waals surface area contributed by atoms with Crippen molar-refractivity contribution in [2.24, 2.45) is 23.5 Å².